The number of carbonyl (C=O) groups excluding carboxylic acids is 1. The van der Waals surface area contributed by atoms with Gasteiger partial charge in [0.15, 0.2) is 0 Å². The second-order valence-electron chi connectivity index (χ2n) is 2.75. The Kier molecular flexibility index (Phi) is 3.69. The molecule has 0 bridgehead atoms. The van der Waals surface area contributed by atoms with Crippen LogP contribution in [0.25, 0.3) is 0 Å². The van der Waals surface area contributed by atoms with E-state index in [-0.39, 0.29) is 0 Å². The van der Waals surface area contributed by atoms with Crippen molar-refractivity contribution in [1.82, 2.24) is 0 Å². The highest BCUT2D eigenvalue weighted by Gasteiger charge is 2.13. The van der Waals surface area contributed by atoms with Crippen LogP contribution in [0.2, 0.25) is 0 Å². The molecule has 0 N–H and O–H groups in total. The molecule has 0 fully saturated rings. The zero-order valence-corrected chi connectivity index (χ0v) is 8.61. The molecule has 15 heavy (non-hydrogen) atoms. The van der Waals surface area contributed by atoms with Gasteiger partial charge in [0, 0.05) is 0 Å². The largest absolute Gasteiger partial charge is 0.493 e. The number of carbonyl (C=O) groups is 1. The van der Waals surface area contributed by atoms with E-state index in [1.165, 1.54) is 19.2 Å². The number of hydrogen-bond acceptors (Lipinski definition) is 4. The third-order valence-electron chi connectivity index (χ3n) is 1.82. The molecule has 0 spiro atoms. The van der Waals surface area contributed by atoms with Gasteiger partial charge in [0.05, 0.1) is 25.3 Å². The van der Waals surface area contributed by atoms with Gasteiger partial charge in [0.1, 0.15) is 11.3 Å². The van der Waals surface area contributed by atoms with Gasteiger partial charge in [0.25, 0.3) is 0 Å². The first kappa shape index (κ1) is 11.1. The summed E-state index contributed by atoms with van der Waals surface area (Å²) in [5.74, 6) is -0.0914. The van der Waals surface area contributed by atoms with Gasteiger partial charge in [-0.2, -0.15) is 5.26 Å². The smallest absolute Gasteiger partial charge is 0.341 e. The zero-order valence-electron chi connectivity index (χ0n) is 8.61. The topological polar surface area (TPSA) is 59.3 Å². The van der Waals surface area contributed by atoms with Crippen molar-refractivity contribution < 1.29 is 14.3 Å². The maximum atomic E-state index is 11.3. The Morgan fingerprint density at radius 2 is 2.27 bits per heavy atom. The summed E-state index contributed by atoms with van der Waals surface area (Å²) in [6, 6.07) is 6.57. The number of benzene rings is 1. The Morgan fingerprint density at radius 3 is 2.80 bits per heavy atom. The minimum atomic E-state index is -0.470. The van der Waals surface area contributed by atoms with E-state index in [1.54, 1.807) is 13.0 Å². The van der Waals surface area contributed by atoms with Crippen molar-refractivity contribution in [2.45, 2.75) is 6.92 Å². The van der Waals surface area contributed by atoms with E-state index in [0.29, 0.717) is 23.5 Å². The first-order valence-corrected chi connectivity index (χ1v) is 4.48. The normalized spacial score (nSPS) is 9.13. The third-order valence-corrected chi connectivity index (χ3v) is 1.82. The molecule has 0 heterocycles. The van der Waals surface area contributed by atoms with Crippen LogP contribution in [0.15, 0.2) is 18.2 Å². The molecule has 0 amide bonds. The summed E-state index contributed by atoms with van der Waals surface area (Å²) in [6.45, 7) is 2.24. The van der Waals surface area contributed by atoms with E-state index in [1.807, 2.05) is 6.07 Å². The van der Waals surface area contributed by atoms with Crippen LogP contribution in [0.3, 0.4) is 0 Å². The minimum absolute atomic E-state index is 0.332. The van der Waals surface area contributed by atoms with Gasteiger partial charge in [-0.25, -0.2) is 4.79 Å². The predicted octanol–water partition coefficient (Wildman–Crippen LogP) is 1.74. The fourth-order valence-electron chi connectivity index (χ4n) is 1.15. The fraction of sp³-hybridized carbons (Fsp3) is 0.273. The van der Waals surface area contributed by atoms with Crippen LogP contribution in [0, 0.1) is 11.3 Å². The number of esters is 1. The number of nitrogens with zero attached hydrogens (tertiary/aromatic N) is 1. The second-order valence-corrected chi connectivity index (χ2v) is 2.75. The number of methoxy groups -OCH3 is 1. The van der Waals surface area contributed by atoms with Crippen LogP contribution >= 0.6 is 0 Å². The van der Waals surface area contributed by atoms with E-state index in [0.717, 1.165) is 0 Å². The standard InChI is InChI=1S/C11H11NO3/c1-3-15-10-6-8(7-12)4-5-9(10)11(13)14-2/h4-6H,3H2,1-2H3. The molecule has 0 radical (unpaired) electrons. The van der Waals surface area contributed by atoms with Gasteiger partial charge in [-0.3, -0.25) is 0 Å². The van der Waals surface area contributed by atoms with Crippen molar-refractivity contribution >= 4 is 5.97 Å². The van der Waals surface area contributed by atoms with Crippen LogP contribution in [0.4, 0.5) is 0 Å². The van der Waals surface area contributed by atoms with Gasteiger partial charge in [-0.1, -0.05) is 0 Å². The predicted molar refractivity (Wildman–Crippen MR) is 53.7 cm³/mol. The maximum absolute atomic E-state index is 11.3. The summed E-state index contributed by atoms with van der Waals surface area (Å²) in [5.41, 5.74) is 0.782. The van der Waals surface area contributed by atoms with Gasteiger partial charge < -0.3 is 9.47 Å². The van der Waals surface area contributed by atoms with Crippen LogP contribution < -0.4 is 4.74 Å². The minimum Gasteiger partial charge on any atom is -0.493 e. The lowest BCUT2D eigenvalue weighted by Crippen LogP contribution is -2.05. The van der Waals surface area contributed by atoms with Crippen molar-refractivity contribution in [3.8, 4) is 11.8 Å². The molecular weight excluding hydrogens is 194 g/mol. The molecule has 4 heteroatoms. The summed E-state index contributed by atoms with van der Waals surface area (Å²) in [7, 11) is 1.30. The SMILES string of the molecule is CCOc1cc(C#N)ccc1C(=O)OC. The summed E-state index contributed by atoms with van der Waals surface area (Å²) in [5, 5.41) is 8.70. The van der Waals surface area contributed by atoms with Crippen molar-refractivity contribution in [1.29, 1.82) is 5.26 Å². The number of hydrogen-bond donors (Lipinski definition) is 0. The van der Waals surface area contributed by atoms with Crippen molar-refractivity contribution in [3.63, 3.8) is 0 Å². The highest BCUT2D eigenvalue weighted by Crippen LogP contribution is 2.21. The lowest BCUT2D eigenvalue weighted by atomic mass is 10.1. The molecule has 0 aliphatic rings. The van der Waals surface area contributed by atoms with E-state index in [4.69, 9.17) is 10.00 Å². The quantitative estimate of drug-likeness (QED) is 0.705. The van der Waals surface area contributed by atoms with Crippen molar-refractivity contribution in [2.75, 3.05) is 13.7 Å². The van der Waals surface area contributed by atoms with Crippen LogP contribution in [-0.2, 0) is 4.74 Å². The lowest BCUT2D eigenvalue weighted by molar-refractivity contribution is 0.0596. The Labute approximate surface area is 88.0 Å². The summed E-state index contributed by atoms with van der Waals surface area (Å²) in [4.78, 5) is 11.3. The molecule has 0 saturated carbocycles. The molecular formula is C11H11NO3. The molecule has 4 nitrogen and oxygen atoms in total. The average Bonchev–Trinajstić information content (AvgIpc) is 2.28. The lowest BCUT2D eigenvalue weighted by Gasteiger charge is -2.08. The maximum Gasteiger partial charge on any atom is 0.341 e. The monoisotopic (exact) mass is 205 g/mol. The third kappa shape index (κ3) is 2.47. The Hall–Kier alpha value is -2.02. The van der Waals surface area contributed by atoms with E-state index >= 15 is 0 Å². The average molecular weight is 205 g/mol. The van der Waals surface area contributed by atoms with Gasteiger partial charge in [-0.05, 0) is 25.1 Å². The van der Waals surface area contributed by atoms with Crippen LogP contribution in [0.5, 0.6) is 5.75 Å². The zero-order chi connectivity index (χ0) is 11.3. The van der Waals surface area contributed by atoms with Gasteiger partial charge in [-0.15, -0.1) is 0 Å². The summed E-state index contributed by atoms with van der Waals surface area (Å²) >= 11 is 0. The van der Waals surface area contributed by atoms with Gasteiger partial charge >= 0.3 is 5.97 Å². The van der Waals surface area contributed by atoms with E-state index in [9.17, 15) is 4.79 Å². The molecule has 0 aliphatic heterocycles. The molecule has 1 aromatic carbocycles. The Morgan fingerprint density at radius 1 is 1.53 bits per heavy atom. The number of ether oxygens (including phenoxy) is 2. The number of nitriles is 1. The Bertz CT molecular complexity index is 407. The Balaban J connectivity index is 3.15. The molecule has 0 atom stereocenters. The van der Waals surface area contributed by atoms with Crippen LogP contribution in [-0.4, -0.2) is 19.7 Å². The molecule has 78 valence electrons. The van der Waals surface area contributed by atoms with E-state index in [2.05, 4.69) is 4.74 Å². The molecule has 1 rings (SSSR count). The summed E-state index contributed by atoms with van der Waals surface area (Å²) < 4.78 is 9.85. The molecule has 0 aromatic heterocycles. The second kappa shape index (κ2) is 5.01. The molecule has 1 aromatic rings. The van der Waals surface area contributed by atoms with Gasteiger partial charge in [0.2, 0.25) is 0 Å². The van der Waals surface area contributed by atoms with Crippen molar-refractivity contribution in [2.24, 2.45) is 0 Å². The molecule has 0 aliphatic carbocycles. The number of rotatable bonds is 3. The first-order chi connectivity index (χ1) is 7.22. The van der Waals surface area contributed by atoms with E-state index < -0.39 is 5.97 Å². The highest BCUT2D eigenvalue weighted by atomic mass is 16.5. The first-order valence-electron chi connectivity index (χ1n) is 4.48. The molecule has 0 saturated heterocycles. The molecule has 0 unspecified atom stereocenters. The van der Waals surface area contributed by atoms with Crippen LogP contribution in [0.1, 0.15) is 22.8 Å². The highest BCUT2D eigenvalue weighted by molar-refractivity contribution is 5.92. The van der Waals surface area contributed by atoms with Crippen molar-refractivity contribution in [3.05, 3.63) is 29.3 Å². The summed E-state index contributed by atoms with van der Waals surface area (Å²) in [6.07, 6.45) is 0. The fourth-order valence-corrected chi connectivity index (χ4v) is 1.15.